The van der Waals surface area contributed by atoms with Gasteiger partial charge in [0.1, 0.15) is 0 Å². The monoisotopic (exact) mass is 271 g/mol. The smallest absolute Gasteiger partial charge is 0.336 e. The third kappa shape index (κ3) is 3.64. The van der Waals surface area contributed by atoms with Gasteiger partial charge in [-0.3, -0.25) is 0 Å². The van der Waals surface area contributed by atoms with Gasteiger partial charge in [0.25, 0.3) is 0 Å². The summed E-state index contributed by atoms with van der Waals surface area (Å²) in [6.07, 6.45) is 0. The molecule has 82 valence electrons. The Hall–Kier alpha value is -0.870. The molecular formula is C11H14BrNO2. The summed E-state index contributed by atoms with van der Waals surface area (Å²) in [5.41, 5.74) is 1.15. The summed E-state index contributed by atoms with van der Waals surface area (Å²) in [7, 11) is 0. The van der Waals surface area contributed by atoms with Crippen molar-refractivity contribution in [3.8, 4) is 0 Å². The summed E-state index contributed by atoms with van der Waals surface area (Å²) in [4.78, 5) is 10.9. The van der Waals surface area contributed by atoms with E-state index in [9.17, 15) is 4.79 Å². The Labute approximate surface area is 97.6 Å². The minimum atomic E-state index is -0.886. The fraction of sp³-hybridized carbons (Fsp3) is 0.364. The highest BCUT2D eigenvalue weighted by atomic mass is 79.9. The number of carboxylic acids is 1. The van der Waals surface area contributed by atoms with E-state index in [1.807, 2.05) is 19.9 Å². The first-order chi connectivity index (χ1) is 7.00. The Kier molecular flexibility index (Phi) is 4.29. The van der Waals surface area contributed by atoms with Crippen LogP contribution in [0.4, 0.5) is 0 Å². The van der Waals surface area contributed by atoms with Crippen LogP contribution < -0.4 is 5.32 Å². The predicted molar refractivity (Wildman–Crippen MR) is 63.1 cm³/mol. The quantitative estimate of drug-likeness (QED) is 0.885. The molecule has 1 aromatic carbocycles. The van der Waals surface area contributed by atoms with Crippen molar-refractivity contribution >= 4 is 21.9 Å². The Morgan fingerprint density at radius 2 is 2.20 bits per heavy atom. The van der Waals surface area contributed by atoms with Gasteiger partial charge in [0.05, 0.1) is 5.56 Å². The lowest BCUT2D eigenvalue weighted by Crippen LogP contribution is -2.23. The maximum Gasteiger partial charge on any atom is 0.336 e. The van der Waals surface area contributed by atoms with Crippen molar-refractivity contribution in [3.63, 3.8) is 0 Å². The molecule has 0 unspecified atom stereocenters. The van der Waals surface area contributed by atoms with Gasteiger partial charge >= 0.3 is 5.97 Å². The molecule has 0 bridgehead atoms. The maximum atomic E-state index is 10.9. The van der Waals surface area contributed by atoms with E-state index in [1.165, 1.54) is 0 Å². The highest BCUT2D eigenvalue weighted by Crippen LogP contribution is 2.16. The minimum Gasteiger partial charge on any atom is -0.478 e. The number of halogens is 1. The van der Waals surface area contributed by atoms with Gasteiger partial charge in [-0.05, 0) is 23.8 Å². The zero-order valence-corrected chi connectivity index (χ0v) is 10.3. The second-order valence-electron chi connectivity index (χ2n) is 3.64. The van der Waals surface area contributed by atoms with E-state index in [2.05, 4.69) is 21.2 Å². The van der Waals surface area contributed by atoms with Crippen LogP contribution in [-0.4, -0.2) is 17.1 Å². The first kappa shape index (κ1) is 12.2. The first-order valence-electron chi connectivity index (χ1n) is 4.76. The van der Waals surface area contributed by atoms with Crippen molar-refractivity contribution in [2.24, 2.45) is 0 Å². The van der Waals surface area contributed by atoms with Crippen molar-refractivity contribution in [3.05, 3.63) is 33.8 Å². The summed E-state index contributed by atoms with van der Waals surface area (Å²) < 4.78 is 0.896. The third-order valence-corrected chi connectivity index (χ3v) is 2.49. The average Bonchev–Trinajstić information content (AvgIpc) is 2.14. The standard InChI is InChI=1S/C11H14BrNO2/c1-7(2)13-6-8-5-9(12)3-4-10(8)11(14)15/h3-5,7,13H,6H2,1-2H3,(H,14,15). The summed E-state index contributed by atoms with van der Waals surface area (Å²) in [6, 6.07) is 5.52. The Balaban J connectivity index is 2.92. The largest absolute Gasteiger partial charge is 0.478 e. The predicted octanol–water partition coefficient (Wildman–Crippen LogP) is 2.65. The number of aromatic carboxylic acids is 1. The van der Waals surface area contributed by atoms with Crippen LogP contribution in [0.15, 0.2) is 22.7 Å². The van der Waals surface area contributed by atoms with Gasteiger partial charge < -0.3 is 10.4 Å². The van der Waals surface area contributed by atoms with Crippen LogP contribution >= 0.6 is 15.9 Å². The second kappa shape index (κ2) is 5.28. The second-order valence-corrected chi connectivity index (χ2v) is 4.56. The minimum absolute atomic E-state index is 0.339. The Morgan fingerprint density at radius 1 is 1.53 bits per heavy atom. The van der Waals surface area contributed by atoms with E-state index in [0.29, 0.717) is 18.2 Å². The van der Waals surface area contributed by atoms with Crippen LogP contribution in [0.5, 0.6) is 0 Å². The summed E-state index contributed by atoms with van der Waals surface area (Å²) in [6.45, 7) is 4.62. The van der Waals surface area contributed by atoms with Gasteiger partial charge in [-0.15, -0.1) is 0 Å². The van der Waals surface area contributed by atoms with Crippen LogP contribution in [0.2, 0.25) is 0 Å². The molecule has 0 aliphatic rings. The van der Waals surface area contributed by atoms with Crippen LogP contribution in [0.25, 0.3) is 0 Å². The molecule has 0 aliphatic carbocycles. The molecule has 3 nitrogen and oxygen atoms in total. The first-order valence-corrected chi connectivity index (χ1v) is 5.55. The number of nitrogens with one attached hydrogen (secondary N) is 1. The third-order valence-electron chi connectivity index (χ3n) is 2.00. The van der Waals surface area contributed by atoms with Gasteiger partial charge in [-0.1, -0.05) is 29.8 Å². The van der Waals surface area contributed by atoms with Gasteiger partial charge in [0.15, 0.2) is 0 Å². The van der Waals surface area contributed by atoms with Crippen molar-refractivity contribution in [2.45, 2.75) is 26.4 Å². The molecule has 0 saturated carbocycles. The summed E-state index contributed by atoms with van der Waals surface area (Å²) in [5.74, 6) is -0.886. The molecule has 4 heteroatoms. The van der Waals surface area contributed by atoms with Crippen molar-refractivity contribution in [2.75, 3.05) is 0 Å². The highest BCUT2D eigenvalue weighted by Gasteiger charge is 2.10. The van der Waals surface area contributed by atoms with Crippen molar-refractivity contribution in [1.82, 2.24) is 5.32 Å². The molecule has 0 aromatic heterocycles. The zero-order chi connectivity index (χ0) is 11.4. The maximum absolute atomic E-state index is 10.9. The molecule has 1 rings (SSSR count). The molecule has 0 spiro atoms. The van der Waals surface area contributed by atoms with E-state index in [1.54, 1.807) is 12.1 Å². The van der Waals surface area contributed by atoms with Gasteiger partial charge in [-0.25, -0.2) is 4.79 Å². The normalized spacial score (nSPS) is 10.7. The number of hydrogen-bond donors (Lipinski definition) is 2. The molecule has 15 heavy (non-hydrogen) atoms. The molecule has 0 saturated heterocycles. The Bertz CT molecular complexity index is 364. The fourth-order valence-electron chi connectivity index (χ4n) is 1.23. The van der Waals surface area contributed by atoms with Crippen molar-refractivity contribution in [1.29, 1.82) is 0 Å². The van der Waals surface area contributed by atoms with Crippen molar-refractivity contribution < 1.29 is 9.90 Å². The summed E-state index contributed by atoms with van der Waals surface area (Å²) >= 11 is 3.33. The lowest BCUT2D eigenvalue weighted by molar-refractivity contribution is 0.0695. The number of carbonyl (C=O) groups is 1. The lowest BCUT2D eigenvalue weighted by Gasteiger charge is -2.10. The van der Waals surface area contributed by atoms with E-state index in [-0.39, 0.29) is 0 Å². The van der Waals surface area contributed by atoms with E-state index < -0.39 is 5.97 Å². The topological polar surface area (TPSA) is 49.3 Å². The molecule has 1 aromatic rings. The fourth-order valence-corrected chi connectivity index (χ4v) is 1.64. The van der Waals surface area contributed by atoms with Crippen LogP contribution in [0, 0.1) is 0 Å². The molecule has 2 N–H and O–H groups in total. The number of benzene rings is 1. The number of hydrogen-bond acceptors (Lipinski definition) is 2. The number of carboxylic acid groups (broad SMARTS) is 1. The van der Waals surface area contributed by atoms with Crippen LogP contribution in [0.3, 0.4) is 0 Å². The van der Waals surface area contributed by atoms with E-state index >= 15 is 0 Å². The molecule has 0 amide bonds. The Morgan fingerprint density at radius 3 is 2.73 bits per heavy atom. The van der Waals surface area contributed by atoms with Gasteiger partial charge in [0, 0.05) is 17.1 Å². The molecule has 0 radical (unpaired) electrons. The lowest BCUT2D eigenvalue weighted by atomic mass is 10.1. The molecule has 0 fully saturated rings. The number of rotatable bonds is 4. The SMILES string of the molecule is CC(C)NCc1cc(Br)ccc1C(=O)O. The van der Waals surface area contributed by atoms with E-state index in [0.717, 1.165) is 10.0 Å². The van der Waals surface area contributed by atoms with Gasteiger partial charge in [-0.2, -0.15) is 0 Å². The molecule has 0 aliphatic heterocycles. The summed E-state index contributed by atoms with van der Waals surface area (Å²) in [5, 5.41) is 12.2. The van der Waals surface area contributed by atoms with E-state index in [4.69, 9.17) is 5.11 Å². The van der Waals surface area contributed by atoms with Gasteiger partial charge in [0.2, 0.25) is 0 Å². The van der Waals surface area contributed by atoms with Crippen LogP contribution in [0.1, 0.15) is 29.8 Å². The highest BCUT2D eigenvalue weighted by molar-refractivity contribution is 9.10. The molecule has 0 heterocycles. The molecular weight excluding hydrogens is 258 g/mol. The van der Waals surface area contributed by atoms with Crippen LogP contribution in [-0.2, 0) is 6.54 Å². The zero-order valence-electron chi connectivity index (χ0n) is 8.75. The average molecular weight is 272 g/mol. The molecule has 0 atom stereocenters.